The third-order valence-corrected chi connectivity index (χ3v) is 6.19. The molecule has 5 nitrogen and oxygen atoms in total. The lowest BCUT2D eigenvalue weighted by Crippen LogP contribution is -2.42. The number of hydrogen-bond acceptors (Lipinski definition) is 3. The number of allylic oxidation sites excluding steroid dienone is 3. The molecular formula is C28H23NO4. The molecule has 5 rings (SSSR count). The van der Waals surface area contributed by atoms with Gasteiger partial charge in [0.2, 0.25) is 0 Å². The normalized spacial score (nSPS) is 15.0. The van der Waals surface area contributed by atoms with Crippen LogP contribution < -0.4 is 15.8 Å². The zero-order valence-electron chi connectivity index (χ0n) is 18.0. The van der Waals surface area contributed by atoms with Crippen LogP contribution in [0.15, 0.2) is 90.5 Å². The molecule has 3 aromatic carbocycles. The summed E-state index contributed by atoms with van der Waals surface area (Å²) in [5.41, 5.74) is 4.11. The van der Waals surface area contributed by atoms with Crippen molar-refractivity contribution in [1.29, 1.82) is 0 Å². The number of nitrogens with one attached hydrogen (secondary N) is 1. The highest BCUT2D eigenvalue weighted by Gasteiger charge is 2.24. The van der Waals surface area contributed by atoms with Crippen LogP contribution in [-0.4, -0.2) is 29.8 Å². The maximum Gasteiger partial charge on any atom is 0.408 e. The lowest BCUT2D eigenvalue weighted by Gasteiger charge is -2.17. The molecule has 0 unspecified atom stereocenters. The molecule has 0 aromatic heterocycles. The highest BCUT2D eigenvalue weighted by atomic mass is 16.5. The predicted octanol–water partition coefficient (Wildman–Crippen LogP) is 3.46. The van der Waals surface area contributed by atoms with E-state index in [0.29, 0.717) is 0 Å². The maximum atomic E-state index is 12.6. The Morgan fingerprint density at radius 3 is 2.58 bits per heavy atom. The summed E-state index contributed by atoms with van der Waals surface area (Å²) in [6, 6.07) is 20.5. The van der Waals surface area contributed by atoms with Crippen molar-refractivity contribution < 1.29 is 19.4 Å². The maximum absolute atomic E-state index is 12.6. The average Bonchev–Trinajstić information content (AvgIpc) is 3.16. The van der Waals surface area contributed by atoms with Gasteiger partial charge in [-0.3, -0.25) is 0 Å². The van der Waals surface area contributed by atoms with Gasteiger partial charge in [-0.1, -0.05) is 85.0 Å². The van der Waals surface area contributed by atoms with Crippen molar-refractivity contribution in [1.82, 2.24) is 5.32 Å². The van der Waals surface area contributed by atoms with Crippen LogP contribution in [0.5, 0.6) is 0 Å². The lowest BCUT2D eigenvalue weighted by atomic mass is 9.96. The number of carboxylic acid groups (broad SMARTS) is 1. The number of benzene rings is 3. The first-order valence-electron chi connectivity index (χ1n) is 10.9. The summed E-state index contributed by atoms with van der Waals surface area (Å²) in [6.07, 6.45) is 6.42. The summed E-state index contributed by atoms with van der Waals surface area (Å²) in [4.78, 5) is 24.5. The van der Waals surface area contributed by atoms with E-state index in [2.05, 4.69) is 17.5 Å². The molecule has 1 atom stereocenters. The molecule has 2 aliphatic carbocycles. The van der Waals surface area contributed by atoms with Gasteiger partial charge in [-0.05, 0) is 44.3 Å². The van der Waals surface area contributed by atoms with E-state index in [4.69, 9.17) is 4.74 Å². The van der Waals surface area contributed by atoms with Gasteiger partial charge >= 0.3 is 12.1 Å². The number of rotatable bonds is 6. The average molecular weight is 437 g/mol. The van der Waals surface area contributed by atoms with Crippen LogP contribution in [0.2, 0.25) is 0 Å². The first kappa shape index (κ1) is 20.8. The zero-order valence-corrected chi connectivity index (χ0v) is 18.0. The molecule has 33 heavy (non-hydrogen) atoms. The fraction of sp³-hybridized carbons (Fsp3) is 0.143. The molecule has 3 aromatic rings. The molecule has 0 saturated carbocycles. The van der Waals surface area contributed by atoms with E-state index in [9.17, 15) is 14.7 Å². The first-order valence-corrected chi connectivity index (χ1v) is 10.9. The first-order chi connectivity index (χ1) is 16.1. The largest absolute Gasteiger partial charge is 0.480 e. The predicted molar refractivity (Wildman–Crippen MR) is 128 cm³/mol. The van der Waals surface area contributed by atoms with Crippen molar-refractivity contribution in [3.8, 4) is 0 Å². The highest BCUT2D eigenvalue weighted by Crippen LogP contribution is 2.29. The number of carboxylic acids is 1. The molecule has 2 aliphatic rings. The fourth-order valence-electron chi connectivity index (χ4n) is 4.62. The van der Waals surface area contributed by atoms with Crippen LogP contribution in [0.3, 0.4) is 0 Å². The molecule has 0 fully saturated rings. The van der Waals surface area contributed by atoms with E-state index >= 15 is 0 Å². The van der Waals surface area contributed by atoms with Gasteiger partial charge in [0.05, 0.1) is 0 Å². The molecule has 0 heterocycles. The quantitative estimate of drug-likeness (QED) is 0.619. The monoisotopic (exact) mass is 437 g/mol. The van der Waals surface area contributed by atoms with Gasteiger partial charge in [-0.15, -0.1) is 0 Å². The summed E-state index contributed by atoms with van der Waals surface area (Å²) < 4.78 is 5.51. The van der Waals surface area contributed by atoms with Crippen LogP contribution >= 0.6 is 0 Å². The fourth-order valence-corrected chi connectivity index (χ4v) is 4.62. The number of hydrogen-bond donors (Lipinski definition) is 2. The van der Waals surface area contributed by atoms with Crippen LogP contribution in [0.25, 0.3) is 21.9 Å². The van der Waals surface area contributed by atoms with Crippen LogP contribution in [-0.2, 0) is 16.0 Å². The van der Waals surface area contributed by atoms with E-state index in [1.165, 1.54) is 5.57 Å². The molecule has 0 aliphatic heterocycles. The minimum absolute atomic E-state index is 0.0760. The molecule has 0 radical (unpaired) electrons. The van der Waals surface area contributed by atoms with Crippen molar-refractivity contribution in [3.63, 3.8) is 0 Å². The number of fused-ring (bicyclic) bond motifs is 3. The Labute approximate surface area is 191 Å². The molecular weight excluding hydrogens is 414 g/mol. The summed E-state index contributed by atoms with van der Waals surface area (Å²) in [5, 5.41) is 16.5. The summed E-state index contributed by atoms with van der Waals surface area (Å²) >= 11 is 0. The van der Waals surface area contributed by atoms with Crippen LogP contribution in [0, 0.1) is 0 Å². The lowest BCUT2D eigenvalue weighted by molar-refractivity contribution is -0.139. The third-order valence-electron chi connectivity index (χ3n) is 6.19. The minimum Gasteiger partial charge on any atom is -0.480 e. The molecule has 164 valence electrons. The molecule has 0 bridgehead atoms. The second kappa shape index (κ2) is 8.79. The SMILES string of the molecule is O=C(N[C@@H](Cc1cccc2ccccc12)C(=O)O)OCC1=c2ccccc2=C2CC=CC=C21. The number of ether oxygens (including phenoxy) is 1. The van der Waals surface area contributed by atoms with Gasteiger partial charge in [-0.2, -0.15) is 0 Å². The number of aliphatic carboxylic acids is 1. The van der Waals surface area contributed by atoms with Gasteiger partial charge in [0.1, 0.15) is 12.6 Å². The van der Waals surface area contributed by atoms with Gasteiger partial charge in [-0.25, -0.2) is 9.59 Å². The number of carbonyl (C=O) groups excluding carboxylic acids is 1. The topological polar surface area (TPSA) is 75.6 Å². The van der Waals surface area contributed by atoms with Gasteiger partial charge in [0.15, 0.2) is 0 Å². The Morgan fingerprint density at radius 1 is 0.970 bits per heavy atom. The van der Waals surface area contributed by atoms with Crippen LogP contribution in [0.1, 0.15) is 12.0 Å². The summed E-state index contributed by atoms with van der Waals surface area (Å²) in [5.74, 6) is -1.10. The second-order valence-corrected chi connectivity index (χ2v) is 8.17. The Balaban J connectivity index is 1.32. The van der Waals surface area contributed by atoms with Crippen molar-refractivity contribution in [3.05, 3.63) is 107 Å². The van der Waals surface area contributed by atoms with Crippen molar-refractivity contribution in [2.75, 3.05) is 6.61 Å². The van der Waals surface area contributed by atoms with Crippen molar-refractivity contribution in [2.24, 2.45) is 0 Å². The molecule has 2 N–H and O–H groups in total. The van der Waals surface area contributed by atoms with Gasteiger partial charge < -0.3 is 15.2 Å². The molecule has 0 spiro atoms. The Morgan fingerprint density at radius 2 is 1.73 bits per heavy atom. The number of alkyl carbamates (subject to hydrolysis) is 1. The smallest absolute Gasteiger partial charge is 0.408 e. The van der Waals surface area contributed by atoms with E-state index in [1.54, 1.807) is 0 Å². The highest BCUT2D eigenvalue weighted by molar-refractivity contribution is 5.92. The number of carbonyl (C=O) groups is 2. The Bertz CT molecular complexity index is 1440. The van der Waals surface area contributed by atoms with Crippen LogP contribution in [0.4, 0.5) is 4.79 Å². The zero-order chi connectivity index (χ0) is 22.8. The van der Waals surface area contributed by atoms with E-state index in [1.807, 2.05) is 72.8 Å². The molecule has 1 amide bonds. The Kier molecular flexibility index (Phi) is 5.53. The van der Waals surface area contributed by atoms with Crippen molar-refractivity contribution >= 4 is 34.0 Å². The van der Waals surface area contributed by atoms with Crippen molar-refractivity contribution in [2.45, 2.75) is 18.9 Å². The van der Waals surface area contributed by atoms with E-state index < -0.39 is 18.1 Å². The summed E-state index contributed by atoms with van der Waals surface area (Å²) in [6.45, 7) is 0.0760. The standard InChI is InChI=1S/C28H23NO4/c30-27(31)26(16-19-10-7-9-18-8-1-2-11-20(18)19)29-28(32)33-17-25-23-14-5-3-12-21(23)22-13-4-6-15-24(22)25/h1-12,14-15,26H,13,16-17H2,(H,29,32)(H,30,31)/t26-/m0/s1. The van der Waals surface area contributed by atoms with E-state index in [0.717, 1.165) is 44.3 Å². The molecule has 0 saturated heterocycles. The molecule has 5 heteroatoms. The summed E-state index contributed by atoms with van der Waals surface area (Å²) in [7, 11) is 0. The third kappa shape index (κ3) is 4.05. The van der Waals surface area contributed by atoms with Gasteiger partial charge in [0, 0.05) is 12.0 Å². The number of amides is 1. The minimum atomic E-state index is -1.10. The Hall–Kier alpha value is -4.12. The second-order valence-electron chi connectivity index (χ2n) is 8.17. The van der Waals surface area contributed by atoms with E-state index in [-0.39, 0.29) is 13.0 Å². The van der Waals surface area contributed by atoms with Gasteiger partial charge in [0.25, 0.3) is 0 Å².